The van der Waals surface area contributed by atoms with Crippen LogP contribution in [0.25, 0.3) is 6.08 Å². The van der Waals surface area contributed by atoms with Crippen molar-refractivity contribution in [2.24, 2.45) is 0 Å². The van der Waals surface area contributed by atoms with Gasteiger partial charge in [0.25, 0.3) is 5.91 Å². The molecule has 3 rings (SSSR count). The number of amides is 1. The summed E-state index contributed by atoms with van der Waals surface area (Å²) in [5.74, 6) is 0.879. The van der Waals surface area contributed by atoms with E-state index in [0.29, 0.717) is 43.4 Å². The molecule has 0 atom stereocenters. The lowest BCUT2D eigenvalue weighted by atomic mass is 10.1. The highest BCUT2D eigenvalue weighted by molar-refractivity contribution is 9.10. The van der Waals surface area contributed by atoms with Crippen molar-refractivity contribution in [2.75, 3.05) is 31.7 Å². The summed E-state index contributed by atoms with van der Waals surface area (Å²) in [6, 6.07) is 22.7. The molecule has 0 fully saturated rings. The van der Waals surface area contributed by atoms with Crippen LogP contribution in [0.15, 0.2) is 76.8 Å². The number of carbonyl (C=O) groups excluding carboxylic acids is 1. The number of hydrogen-bond acceptors (Lipinski definition) is 5. The van der Waals surface area contributed by atoms with Crippen LogP contribution in [0.4, 0.5) is 5.69 Å². The third kappa shape index (κ3) is 8.29. The van der Waals surface area contributed by atoms with Gasteiger partial charge in [0.2, 0.25) is 0 Å². The topological polar surface area (TPSA) is 80.6 Å². The summed E-state index contributed by atoms with van der Waals surface area (Å²) in [6.45, 7) is 5.46. The molecule has 180 valence electrons. The van der Waals surface area contributed by atoms with Gasteiger partial charge in [0.1, 0.15) is 36.4 Å². The number of hydrogen-bond donors (Lipinski definition) is 1. The third-order valence-electron chi connectivity index (χ3n) is 5.00. The van der Waals surface area contributed by atoms with Crippen LogP contribution in [0.5, 0.6) is 11.5 Å². The Morgan fingerprint density at radius 1 is 0.971 bits per heavy atom. The van der Waals surface area contributed by atoms with Gasteiger partial charge in [-0.05, 0) is 67.4 Å². The lowest BCUT2D eigenvalue weighted by Crippen LogP contribution is -2.14. The van der Waals surface area contributed by atoms with Gasteiger partial charge >= 0.3 is 0 Å². The number of anilines is 1. The Balaban J connectivity index is 1.54. The van der Waals surface area contributed by atoms with Crippen LogP contribution in [0.2, 0.25) is 0 Å². The summed E-state index contributed by atoms with van der Waals surface area (Å²) >= 11 is 3.44. The first-order chi connectivity index (χ1) is 17.0. The molecule has 0 saturated carbocycles. The molecule has 0 aliphatic heterocycles. The van der Waals surface area contributed by atoms with E-state index in [1.165, 1.54) is 6.08 Å². The summed E-state index contributed by atoms with van der Waals surface area (Å²) in [7, 11) is 0. The van der Waals surface area contributed by atoms with Gasteiger partial charge in [-0.1, -0.05) is 46.3 Å². The van der Waals surface area contributed by atoms with E-state index in [1.54, 1.807) is 18.2 Å². The van der Waals surface area contributed by atoms with Crippen molar-refractivity contribution in [1.82, 2.24) is 0 Å². The number of ether oxygens (including phenoxy) is 3. The molecule has 1 N–H and O–H groups in total. The van der Waals surface area contributed by atoms with Gasteiger partial charge in [-0.25, -0.2) is 0 Å². The highest BCUT2D eigenvalue weighted by Gasteiger charge is 2.13. The van der Waals surface area contributed by atoms with Crippen molar-refractivity contribution in [3.8, 4) is 17.6 Å². The van der Waals surface area contributed by atoms with Crippen molar-refractivity contribution in [3.05, 3.63) is 93.5 Å². The fourth-order valence-corrected chi connectivity index (χ4v) is 3.59. The highest BCUT2D eigenvalue weighted by Crippen LogP contribution is 2.26. The van der Waals surface area contributed by atoms with E-state index >= 15 is 0 Å². The molecule has 0 saturated heterocycles. The van der Waals surface area contributed by atoms with Crippen molar-refractivity contribution in [3.63, 3.8) is 0 Å². The normalized spacial score (nSPS) is 11.0. The Bertz CT molecular complexity index is 1230. The zero-order valence-corrected chi connectivity index (χ0v) is 21.3. The zero-order chi connectivity index (χ0) is 25.0. The first kappa shape index (κ1) is 26.0. The first-order valence-corrected chi connectivity index (χ1v) is 11.9. The van der Waals surface area contributed by atoms with Crippen molar-refractivity contribution < 1.29 is 19.0 Å². The molecule has 3 aromatic carbocycles. The Kier molecular flexibility index (Phi) is 9.91. The maximum atomic E-state index is 12.7. The molecule has 0 heterocycles. The second kappa shape index (κ2) is 13.3. The second-order valence-corrected chi connectivity index (χ2v) is 8.66. The average Bonchev–Trinajstić information content (AvgIpc) is 2.84. The SMILES string of the molecule is Cc1cccc(OCCOCCOc2ccc(Br)cc2/C=C(\C#N)C(=O)Nc2ccccc2C)c1. The van der Waals surface area contributed by atoms with Crippen molar-refractivity contribution in [2.45, 2.75) is 13.8 Å². The molecule has 35 heavy (non-hydrogen) atoms. The molecule has 0 aromatic heterocycles. The van der Waals surface area contributed by atoms with Gasteiger partial charge in [-0.3, -0.25) is 4.79 Å². The fraction of sp³-hybridized carbons (Fsp3) is 0.214. The maximum absolute atomic E-state index is 12.7. The van der Waals surface area contributed by atoms with Crippen LogP contribution in [0.1, 0.15) is 16.7 Å². The second-order valence-electron chi connectivity index (χ2n) is 7.75. The number of nitrogens with zero attached hydrogens (tertiary/aromatic N) is 1. The quantitative estimate of drug-likeness (QED) is 0.183. The van der Waals surface area contributed by atoms with E-state index in [-0.39, 0.29) is 5.57 Å². The van der Waals surface area contributed by atoms with Crippen molar-refractivity contribution in [1.29, 1.82) is 5.26 Å². The molecule has 6 nitrogen and oxygen atoms in total. The predicted molar refractivity (Wildman–Crippen MR) is 141 cm³/mol. The van der Waals surface area contributed by atoms with E-state index in [1.807, 2.05) is 68.4 Å². The van der Waals surface area contributed by atoms with Gasteiger partial charge in [-0.2, -0.15) is 5.26 Å². The van der Waals surface area contributed by atoms with Crippen LogP contribution in [0.3, 0.4) is 0 Å². The number of para-hydroxylation sites is 1. The Labute approximate surface area is 214 Å². The zero-order valence-electron chi connectivity index (χ0n) is 19.7. The molecule has 0 spiro atoms. The Morgan fingerprint density at radius 2 is 1.74 bits per heavy atom. The lowest BCUT2D eigenvalue weighted by molar-refractivity contribution is -0.112. The molecule has 7 heteroatoms. The van der Waals surface area contributed by atoms with Crippen LogP contribution in [-0.4, -0.2) is 32.3 Å². The van der Waals surface area contributed by atoms with Crippen LogP contribution in [-0.2, 0) is 9.53 Å². The van der Waals surface area contributed by atoms with Gasteiger partial charge in [-0.15, -0.1) is 0 Å². The predicted octanol–water partition coefficient (Wildman–Crippen LogP) is 6.09. The molecular weight excluding hydrogens is 508 g/mol. The minimum absolute atomic E-state index is 0.0271. The standard InChI is InChI=1S/C28H27BrN2O4/c1-20-6-5-8-25(16-20)34-14-12-33-13-15-35-27-11-10-24(29)18-22(27)17-23(19-30)28(32)31-26-9-4-3-7-21(26)2/h3-11,16-18H,12-15H2,1-2H3,(H,31,32)/b23-17+. The number of halogens is 1. The molecule has 1 amide bonds. The van der Waals surface area contributed by atoms with Gasteiger partial charge < -0.3 is 19.5 Å². The highest BCUT2D eigenvalue weighted by atomic mass is 79.9. The molecule has 0 bridgehead atoms. The number of rotatable bonds is 11. The summed E-state index contributed by atoms with van der Waals surface area (Å²) in [5.41, 5.74) is 3.30. The van der Waals surface area contributed by atoms with Crippen molar-refractivity contribution >= 4 is 33.6 Å². The van der Waals surface area contributed by atoms with E-state index < -0.39 is 5.91 Å². The van der Waals surface area contributed by atoms with E-state index in [2.05, 4.69) is 21.2 Å². The number of nitriles is 1. The molecule has 0 unspecified atom stereocenters. The van der Waals surface area contributed by atoms with E-state index in [0.717, 1.165) is 21.3 Å². The summed E-state index contributed by atoms with van der Waals surface area (Å²) in [5, 5.41) is 12.4. The minimum atomic E-state index is -0.482. The Morgan fingerprint density at radius 3 is 2.49 bits per heavy atom. The average molecular weight is 535 g/mol. The molecule has 0 aliphatic rings. The number of benzene rings is 3. The smallest absolute Gasteiger partial charge is 0.266 e. The summed E-state index contributed by atoms with van der Waals surface area (Å²) < 4.78 is 17.9. The monoisotopic (exact) mass is 534 g/mol. The van der Waals surface area contributed by atoms with Crippen LogP contribution in [0, 0.1) is 25.2 Å². The molecular formula is C28H27BrN2O4. The summed E-state index contributed by atoms with van der Waals surface area (Å²) in [6.07, 6.45) is 1.52. The first-order valence-electron chi connectivity index (χ1n) is 11.1. The van der Waals surface area contributed by atoms with Crippen LogP contribution < -0.4 is 14.8 Å². The van der Waals surface area contributed by atoms with Gasteiger partial charge in [0, 0.05) is 15.7 Å². The molecule has 0 aliphatic carbocycles. The maximum Gasteiger partial charge on any atom is 0.266 e. The number of carbonyl (C=O) groups is 1. The number of aryl methyl sites for hydroxylation is 2. The van der Waals surface area contributed by atoms with Gasteiger partial charge in [0.05, 0.1) is 13.2 Å². The fourth-order valence-electron chi connectivity index (χ4n) is 3.21. The van der Waals surface area contributed by atoms with Crippen LogP contribution >= 0.6 is 15.9 Å². The largest absolute Gasteiger partial charge is 0.491 e. The minimum Gasteiger partial charge on any atom is -0.491 e. The summed E-state index contributed by atoms with van der Waals surface area (Å²) in [4.78, 5) is 12.7. The lowest BCUT2D eigenvalue weighted by Gasteiger charge is -2.12. The Hall–Kier alpha value is -3.60. The third-order valence-corrected chi connectivity index (χ3v) is 5.49. The number of nitrogens with one attached hydrogen (secondary N) is 1. The van der Waals surface area contributed by atoms with Gasteiger partial charge in [0.15, 0.2) is 0 Å². The molecule has 0 radical (unpaired) electrons. The van der Waals surface area contributed by atoms with E-state index in [9.17, 15) is 10.1 Å². The van der Waals surface area contributed by atoms with E-state index in [4.69, 9.17) is 14.2 Å². The molecule has 3 aromatic rings.